The number of rotatable bonds is 1. The van der Waals surface area contributed by atoms with Crippen LogP contribution in [-0.4, -0.2) is 11.8 Å². The Morgan fingerprint density at radius 2 is 1.67 bits per heavy atom. The summed E-state index contributed by atoms with van der Waals surface area (Å²) in [6, 6.07) is 0. The van der Waals surface area contributed by atoms with Gasteiger partial charge in [-0.05, 0) is 6.92 Å². The zero-order valence-electron chi connectivity index (χ0n) is 3.00. The molecule has 37 valence electrons. The monoisotopic (exact) mass is 113 g/mol. The van der Waals surface area contributed by atoms with E-state index in [0.29, 0.717) is 0 Å². The van der Waals surface area contributed by atoms with Gasteiger partial charge >= 0.3 is 0 Å². The van der Waals surface area contributed by atoms with Gasteiger partial charge in [-0.1, -0.05) is 0 Å². The lowest BCUT2D eigenvalue weighted by molar-refractivity contribution is 0.155. The van der Waals surface area contributed by atoms with Crippen molar-refractivity contribution in [2.24, 2.45) is 0 Å². The maximum atomic E-state index is 11.0. The minimum Gasteiger partial charge on any atom is -0.209 e. The second-order valence-electron chi connectivity index (χ2n) is 0.850. The third kappa shape index (κ3) is 2.39. The first-order chi connectivity index (χ1) is 2.64. The predicted octanol–water partition coefficient (Wildman–Crippen LogP) is 1.69. The molecule has 0 saturated heterocycles. The second-order valence-corrected chi connectivity index (χ2v) is 1.41. The smallest absolute Gasteiger partial charge is 0.209 e. The molecule has 0 bridgehead atoms. The lowest BCUT2D eigenvalue weighted by Gasteiger charge is -1.94. The van der Waals surface area contributed by atoms with Crippen molar-refractivity contribution < 1.29 is 8.78 Å². The van der Waals surface area contributed by atoms with E-state index in [0.717, 1.165) is 0 Å². The highest BCUT2D eigenvalue weighted by Gasteiger charge is 2.08. The Bertz CT molecular complexity index is 29.8. The van der Waals surface area contributed by atoms with Crippen LogP contribution in [0.4, 0.5) is 8.78 Å². The standard InChI is InChI=1S/C3H4ClF2/c1-2(4)3(5)6/h2-3H,1H2. The summed E-state index contributed by atoms with van der Waals surface area (Å²) in [7, 11) is 0. The Labute approximate surface area is 40.1 Å². The molecule has 1 unspecified atom stereocenters. The fraction of sp³-hybridized carbons (Fsp3) is 0.667. The van der Waals surface area contributed by atoms with E-state index in [2.05, 4.69) is 6.92 Å². The Kier molecular flexibility index (Phi) is 2.40. The quantitative estimate of drug-likeness (QED) is 0.454. The van der Waals surface area contributed by atoms with Gasteiger partial charge in [-0.3, -0.25) is 0 Å². The molecule has 0 spiro atoms. The minimum atomic E-state index is -2.49. The summed E-state index contributed by atoms with van der Waals surface area (Å²) in [5.41, 5.74) is 0. The highest BCUT2D eigenvalue weighted by Crippen LogP contribution is 2.04. The van der Waals surface area contributed by atoms with Crippen molar-refractivity contribution in [3.63, 3.8) is 0 Å². The van der Waals surface area contributed by atoms with Crippen molar-refractivity contribution in [3.8, 4) is 0 Å². The summed E-state index contributed by atoms with van der Waals surface area (Å²) in [6.07, 6.45) is -2.49. The van der Waals surface area contributed by atoms with Gasteiger partial charge in [-0.25, -0.2) is 8.78 Å². The van der Waals surface area contributed by atoms with Crippen LogP contribution in [0, 0.1) is 6.92 Å². The number of hydrogen-bond acceptors (Lipinski definition) is 0. The van der Waals surface area contributed by atoms with Gasteiger partial charge in [-0.15, -0.1) is 11.6 Å². The van der Waals surface area contributed by atoms with Crippen molar-refractivity contribution in [3.05, 3.63) is 6.92 Å². The van der Waals surface area contributed by atoms with Crippen LogP contribution in [0.1, 0.15) is 0 Å². The van der Waals surface area contributed by atoms with E-state index >= 15 is 0 Å². The molecule has 1 atom stereocenters. The molecule has 0 aromatic carbocycles. The molecule has 0 aliphatic rings. The van der Waals surface area contributed by atoms with Gasteiger partial charge in [0, 0.05) is 0 Å². The molecule has 0 fully saturated rings. The lowest BCUT2D eigenvalue weighted by Crippen LogP contribution is -2.03. The van der Waals surface area contributed by atoms with Crippen LogP contribution in [0.15, 0.2) is 0 Å². The molecule has 0 heterocycles. The van der Waals surface area contributed by atoms with Crippen molar-refractivity contribution in [1.29, 1.82) is 0 Å². The third-order valence-electron chi connectivity index (χ3n) is 0.273. The Balaban J connectivity index is 2.99. The van der Waals surface area contributed by atoms with E-state index in [9.17, 15) is 8.78 Å². The Morgan fingerprint density at radius 1 is 1.50 bits per heavy atom. The van der Waals surface area contributed by atoms with E-state index in [1.165, 1.54) is 0 Å². The molecule has 1 radical (unpaired) electrons. The van der Waals surface area contributed by atoms with E-state index in [4.69, 9.17) is 11.6 Å². The Hall–Kier alpha value is 0.150. The first kappa shape index (κ1) is 6.15. The predicted molar refractivity (Wildman–Crippen MR) is 21.0 cm³/mol. The van der Waals surface area contributed by atoms with Crippen LogP contribution in [0.25, 0.3) is 0 Å². The SMILES string of the molecule is [CH2]C(Cl)C(F)F. The average molecular weight is 114 g/mol. The summed E-state index contributed by atoms with van der Waals surface area (Å²) >= 11 is 4.75. The highest BCUT2D eigenvalue weighted by molar-refractivity contribution is 6.21. The van der Waals surface area contributed by atoms with E-state index in [1.54, 1.807) is 0 Å². The van der Waals surface area contributed by atoms with Gasteiger partial charge in [-0.2, -0.15) is 0 Å². The Morgan fingerprint density at radius 3 is 1.67 bits per heavy atom. The fourth-order valence-corrected chi connectivity index (χ4v) is 0. The molecule has 0 nitrogen and oxygen atoms in total. The van der Waals surface area contributed by atoms with E-state index < -0.39 is 11.8 Å². The molecule has 3 heteroatoms. The van der Waals surface area contributed by atoms with E-state index in [-0.39, 0.29) is 0 Å². The molecule has 0 rings (SSSR count). The molecule has 0 aliphatic heterocycles. The van der Waals surface area contributed by atoms with Crippen molar-refractivity contribution in [2.45, 2.75) is 11.8 Å². The summed E-state index contributed by atoms with van der Waals surface area (Å²) in [5, 5.41) is -1.26. The second kappa shape index (κ2) is 2.35. The van der Waals surface area contributed by atoms with Crippen LogP contribution < -0.4 is 0 Å². The summed E-state index contributed by atoms with van der Waals surface area (Å²) in [6.45, 7) is 2.85. The van der Waals surface area contributed by atoms with Gasteiger partial charge in [0.1, 0.15) is 0 Å². The summed E-state index contributed by atoms with van der Waals surface area (Å²) < 4.78 is 21.9. The van der Waals surface area contributed by atoms with Gasteiger partial charge in [0.15, 0.2) is 0 Å². The summed E-state index contributed by atoms with van der Waals surface area (Å²) in [4.78, 5) is 0. The van der Waals surface area contributed by atoms with Crippen LogP contribution in [0.2, 0.25) is 0 Å². The first-order valence-electron chi connectivity index (χ1n) is 1.40. The van der Waals surface area contributed by atoms with Gasteiger partial charge in [0.2, 0.25) is 0 Å². The number of halogens is 3. The molecule has 0 N–H and O–H groups in total. The molecule has 0 saturated carbocycles. The molecule has 0 aliphatic carbocycles. The van der Waals surface area contributed by atoms with E-state index in [1.807, 2.05) is 0 Å². The summed E-state index contributed by atoms with van der Waals surface area (Å²) in [5.74, 6) is 0. The molecular formula is C3H4ClF2. The number of hydrogen-bond donors (Lipinski definition) is 0. The highest BCUT2D eigenvalue weighted by atomic mass is 35.5. The molecule has 0 aromatic heterocycles. The molecule has 0 amide bonds. The zero-order chi connectivity index (χ0) is 5.15. The first-order valence-corrected chi connectivity index (χ1v) is 1.83. The van der Waals surface area contributed by atoms with Crippen molar-refractivity contribution >= 4 is 11.6 Å². The molecule has 0 aromatic rings. The fourth-order valence-electron chi connectivity index (χ4n) is 0. The number of alkyl halides is 3. The minimum absolute atomic E-state index is 1.26. The lowest BCUT2D eigenvalue weighted by atomic mass is 10.5. The van der Waals surface area contributed by atoms with Gasteiger partial charge < -0.3 is 0 Å². The van der Waals surface area contributed by atoms with Crippen molar-refractivity contribution in [2.75, 3.05) is 0 Å². The van der Waals surface area contributed by atoms with Crippen LogP contribution in [-0.2, 0) is 0 Å². The normalized spacial score (nSPS) is 15.5. The molecular weight excluding hydrogens is 109 g/mol. The van der Waals surface area contributed by atoms with Crippen LogP contribution in [0.3, 0.4) is 0 Å². The topological polar surface area (TPSA) is 0 Å². The van der Waals surface area contributed by atoms with Crippen LogP contribution in [0.5, 0.6) is 0 Å². The average Bonchev–Trinajstić information content (AvgIpc) is 1.36. The van der Waals surface area contributed by atoms with Gasteiger partial charge in [0.05, 0.1) is 5.38 Å². The van der Waals surface area contributed by atoms with Crippen LogP contribution >= 0.6 is 11.6 Å². The molecule has 6 heavy (non-hydrogen) atoms. The largest absolute Gasteiger partial charge is 0.254 e. The maximum absolute atomic E-state index is 11.0. The zero-order valence-corrected chi connectivity index (χ0v) is 3.75. The third-order valence-corrected chi connectivity index (χ3v) is 0.464. The van der Waals surface area contributed by atoms with Gasteiger partial charge in [0.25, 0.3) is 6.43 Å². The van der Waals surface area contributed by atoms with Crippen molar-refractivity contribution in [1.82, 2.24) is 0 Å². The maximum Gasteiger partial charge on any atom is 0.254 e.